The van der Waals surface area contributed by atoms with E-state index in [0.29, 0.717) is 22.7 Å². The van der Waals surface area contributed by atoms with Crippen LogP contribution in [0.2, 0.25) is 0 Å². The Morgan fingerprint density at radius 3 is 2.76 bits per heavy atom. The van der Waals surface area contributed by atoms with Gasteiger partial charge in [0.25, 0.3) is 5.89 Å². The summed E-state index contributed by atoms with van der Waals surface area (Å²) in [6.45, 7) is 1.83. The van der Waals surface area contributed by atoms with Gasteiger partial charge in [-0.1, -0.05) is 23.3 Å². The monoisotopic (exact) mass is 393 g/mol. The Balaban J connectivity index is 1.27. The minimum atomic E-state index is 0.0604. The van der Waals surface area contributed by atoms with Gasteiger partial charge in [0.1, 0.15) is 5.56 Å². The molecular weight excluding hydrogens is 370 g/mol. The fraction of sp³-hybridized carbons (Fsp3) is 0.429. The molecule has 1 spiro atoms. The lowest BCUT2D eigenvalue weighted by Gasteiger charge is -2.32. The Morgan fingerprint density at radius 2 is 2.00 bits per heavy atom. The molecular formula is C21H23N5O3. The van der Waals surface area contributed by atoms with E-state index >= 15 is 0 Å². The van der Waals surface area contributed by atoms with E-state index < -0.39 is 0 Å². The number of para-hydroxylation sites is 1. The molecule has 29 heavy (non-hydrogen) atoms. The molecule has 1 N–H and O–H groups in total. The van der Waals surface area contributed by atoms with Crippen LogP contribution in [0.4, 0.5) is 6.01 Å². The van der Waals surface area contributed by atoms with Crippen molar-refractivity contribution in [2.75, 3.05) is 32.1 Å². The van der Waals surface area contributed by atoms with Gasteiger partial charge in [0, 0.05) is 18.5 Å². The first-order chi connectivity index (χ1) is 14.2. The van der Waals surface area contributed by atoms with Gasteiger partial charge < -0.3 is 19.4 Å². The van der Waals surface area contributed by atoms with Gasteiger partial charge in [-0.05, 0) is 43.2 Å². The summed E-state index contributed by atoms with van der Waals surface area (Å²) in [7, 11) is 1.55. The van der Waals surface area contributed by atoms with Gasteiger partial charge in [-0.2, -0.15) is 0 Å². The lowest BCUT2D eigenvalue weighted by Crippen LogP contribution is -2.41. The molecule has 0 atom stereocenters. The quantitative estimate of drug-likeness (QED) is 0.712. The number of anilines is 1. The third-order valence-corrected chi connectivity index (χ3v) is 6.06. The summed E-state index contributed by atoms with van der Waals surface area (Å²) in [4.78, 5) is 18.9. The molecule has 3 heterocycles. The molecule has 1 amide bonds. The third kappa shape index (κ3) is 3.50. The maximum atomic E-state index is 12.5. The molecule has 0 radical (unpaired) electrons. The number of hydrogen-bond acceptors (Lipinski definition) is 7. The van der Waals surface area contributed by atoms with Crippen LogP contribution in [0.25, 0.3) is 22.4 Å². The number of piperidine rings is 1. The number of amides is 1. The number of methoxy groups -OCH3 is 1. The number of rotatable bonds is 5. The standard InChI is InChI=1S/C21H23N5O3/c1-28-18-15(12-14-4-2-3-5-16(14)23-18)19-24-25-20(29-19)22-13-17(27)26-10-8-21(6-7-21)9-11-26/h2-5,12H,6-11,13H2,1H3,(H,22,25). The molecule has 1 saturated carbocycles. The number of carbonyl (C=O) groups is 1. The summed E-state index contributed by atoms with van der Waals surface area (Å²) in [5.74, 6) is 0.770. The molecule has 2 aliphatic rings. The maximum Gasteiger partial charge on any atom is 0.316 e. The summed E-state index contributed by atoms with van der Waals surface area (Å²) >= 11 is 0. The number of pyridine rings is 1. The Kier molecular flexibility index (Phi) is 4.34. The first-order valence-electron chi connectivity index (χ1n) is 9.95. The number of ether oxygens (including phenoxy) is 1. The predicted octanol–water partition coefficient (Wildman–Crippen LogP) is 3.11. The highest BCUT2D eigenvalue weighted by atomic mass is 16.5. The molecule has 1 aliphatic heterocycles. The predicted molar refractivity (Wildman–Crippen MR) is 108 cm³/mol. The topological polar surface area (TPSA) is 93.4 Å². The average Bonchev–Trinajstić information content (AvgIpc) is 3.34. The molecule has 1 saturated heterocycles. The van der Waals surface area contributed by atoms with Crippen molar-refractivity contribution in [1.82, 2.24) is 20.1 Å². The van der Waals surface area contributed by atoms with Crippen LogP contribution in [0.15, 0.2) is 34.7 Å². The van der Waals surface area contributed by atoms with Crippen LogP contribution < -0.4 is 10.1 Å². The highest BCUT2D eigenvalue weighted by Gasteiger charge is 2.44. The summed E-state index contributed by atoms with van der Waals surface area (Å²) < 4.78 is 11.1. The van der Waals surface area contributed by atoms with E-state index in [0.717, 1.165) is 36.8 Å². The van der Waals surface area contributed by atoms with E-state index in [9.17, 15) is 4.79 Å². The minimum Gasteiger partial charge on any atom is -0.480 e. The number of carbonyl (C=O) groups excluding carboxylic acids is 1. The number of likely N-dealkylation sites (tertiary alicyclic amines) is 1. The number of nitrogens with one attached hydrogen (secondary N) is 1. The fourth-order valence-electron chi connectivity index (χ4n) is 3.98. The normalized spacial score (nSPS) is 17.5. The largest absolute Gasteiger partial charge is 0.480 e. The second-order valence-electron chi connectivity index (χ2n) is 7.88. The van der Waals surface area contributed by atoms with Crippen molar-refractivity contribution in [2.24, 2.45) is 5.41 Å². The van der Waals surface area contributed by atoms with Gasteiger partial charge in [-0.15, -0.1) is 5.10 Å². The van der Waals surface area contributed by atoms with Gasteiger partial charge in [-0.25, -0.2) is 4.98 Å². The van der Waals surface area contributed by atoms with Crippen molar-refractivity contribution in [3.8, 4) is 17.3 Å². The molecule has 2 fully saturated rings. The van der Waals surface area contributed by atoms with Crippen LogP contribution in [-0.4, -0.2) is 52.7 Å². The zero-order valence-electron chi connectivity index (χ0n) is 16.4. The van der Waals surface area contributed by atoms with Crippen molar-refractivity contribution in [3.05, 3.63) is 30.3 Å². The van der Waals surface area contributed by atoms with Gasteiger partial charge in [0.05, 0.1) is 19.2 Å². The average molecular weight is 393 g/mol. The van der Waals surface area contributed by atoms with Crippen molar-refractivity contribution >= 4 is 22.8 Å². The molecule has 150 valence electrons. The number of aromatic nitrogens is 3. The summed E-state index contributed by atoms with van der Waals surface area (Å²) in [5.41, 5.74) is 1.99. The van der Waals surface area contributed by atoms with Crippen molar-refractivity contribution in [2.45, 2.75) is 25.7 Å². The van der Waals surface area contributed by atoms with E-state index in [1.807, 2.05) is 35.2 Å². The van der Waals surface area contributed by atoms with E-state index in [2.05, 4.69) is 20.5 Å². The maximum absolute atomic E-state index is 12.5. The molecule has 1 aliphatic carbocycles. The Hall–Kier alpha value is -3.16. The number of hydrogen-bond donors (Lipinski definition) is 1. The Labute approximate surface area is 168 Å². The van der Waals surface area contributed by atoms with Crippen LogP contribution in [0.1, 0.15) is 25.7 Å². The molecule has 1 aromatic carbocycles. The molecule has 0 unspecified atom stereocenters. The summed E-state index contributed by atoms with van der Waals surface area (Å²) in [6.07, 6.45) is 4.90. The zero-order chi connectivity index (χ0) is 19.8. The fourth-order valence-corrected chi connectivity index (χ4v) is 3.98. The van der Waals surface area contributed by atoms with Crippen LogP contribution in [0.3, 0.4) is 0 Å². The number of nitrogens with zero attached hydrogens (tertiary/aromatic N) is 4. The van der Waals surface area contributed by atoms with Gasteiger partial charge >= 0.3 is 6.01 Å². The van der Waals surface area contributed by atoms with Gasteiger partial charge in [-0.3, -0.25) is 4.79 Å². The van der Waals surface area contributed by atoms with Crippen LogP contribution >= 0.6 is 0 Å². The van der Waals surface area contributed by atoms with Crippen LogP contribution in [0.5, 0.6) is 5.88 Å². The number of benzene rings is 1. The zero-order valence-corrected chi connectivity index (χ0v) is 16.4. The second-order valence-corrected chi connectivity index (χ2v) is 7.88. The lowest BCUT2D eigenvalue weighted by molar-refractivity contribution is -0.130. The highest BCUT2D eigenvalue weighted by Crippen LogP contribution is 2.53. The minimum absolute atomic E-state index is 0.0604. The summed E-state index contributed by atoms with van der Waals surface area (Å²) in [6, 6.07) is 9.86. The lowest BCUT2D eigenvalue weighted by atomic mass is 9.94. The third-order valence-electron chi connectivity index (χ3n) is 6.06. The van der Waals surface area contributed by atoms with E-state index in [1.54, 1.807) is 7.11 Å². The van der Waals surface area contributed by atoms with E-state index in [1.165, 1.54) is 12.8 Å². The SMILES string of the molecule is COc1nc2ccccc2cc1-c1nnc(NCC(=O)N2CCC3(CC2)CC3)o1. The Bertz CT molecular complexity index is 1050. The second kappa shape index (κ2) is 7.02. The molecule has 8 nitrogen and oxygen atoms in total. The molecule has 2 aromatic heterocycles. The molecule has 0 bridgehead atoms. The number of fused-ring (bicyclic) bond motifs is 1. The first kappa shape index (κ1) is 17.9. The van der Waals surface area contributed by atoms with Crippen molar-refractivity contribution in [1.29, 1.82) is 0 Å². The van der Waals surface area contributed by atoms with E-state index in [-0.39, 0.29) is 18.5 Å². The van der Waals surface area contributed by atoms with Crippen LogP contribution in [0, 0.1) is 5.41 Å². The van der Waals surface area contributed by atoms with Crippen LogP contribution in [-0.2, 0) is 4.79 Å². The summed E-state index contributed by atoms with van der Waals surface area (Å²) in [5, 5.41) is 12.0. The first-order valence-corrected chi connectivity index (χ1v) is 9.95. The molecule has 3 aromatic rings. The Morgan fingerprint density at radius 1 is 1.21 bits per heavy atom. The van der Waals surface area contributed by atoms with Crippen molar-refractivity contribution < 1.29 is 13.9 Å². The van der Waals surface area contributed by atoms with E-state index in [4.69, 9.17) is 9.15 Å². The smallest absolute Gasteiger partial charge is 0.316 e. The molecule has 8 heteroatoms. The molecule has 5 rings (SSSR count). The highest BCUT2D eigenvalue weighted by molar-refractivity contribution is 5.84. The van der Waals surface area contributed by atoms with Gasteiger partial charge in [0.2, 0.25) is 11.8 Å². The van der Waals surface area contributed by atoms with Gasteiger partial charge in [0.15, 0.2) is 0 Å². The van der Waals surface area contributed by atoms with Crippen molar-refractivity contribution in [3.63, 3.8) is 0 Å².